The number of nitrogens with zero attached hydrogens (tertiary/aromatic N) is 1. The minimum absolute atomic E-state index is 0.00814. The van der Waals surface area contributed by atoms with Crippen molar-refractivity contribution in [2.24, 2.45) is 5.10 Å². The third kappa shape index (κ3) is 8.84. The highest BCUT2D eigenvalue weighted by molar-refractivity contribution is 9.11. The van der Waals surface area contributed by atoms with E-state index >= 15 is 0 Å². The maximum atomic E-state index is 12.8. The predicted octanol–water partition coefficient (Wildman–Crippen LogP) is 7.25. The summed E-state index contributed by atoms with van der Waals surface area (Å²) in [5, 5.41) is 3.95. The summed E-state index contributed by atoms with van der Waals surface area (Å²) < 4.78 is 19.0. The number of hydrogen-bond donors (Lipinski definition) is 1. The Kier molecular flexibility index (Phi) is 10.4. The van der Waals surface area contributed by atoms with Crippen molar-refractivity contribution in [3.05, 3.63) is 121 Å². The predicted molar refractivity (Wildman–Crippen MR) is 165 cm³/mol. The molecule has 1 amide bonds. The number of nitrogens with one attached hydrogen (secondary N) is 1. The number of carbonyl (C=O) groups is 3. The van der Waals surface area contributed by atoms with E-state index in [-0.39, 0.29) is 18.1 Å². The van der Waals surface area contributed by atoms with Crippen molar-refractivity contribution in [3.63, 3.8) is 0 Å². The molecule has 0 atom stereocenters. The molecule has 0 aliphatic heterocycles. The highest BCUT2D eigenvalue weighted by Crippen LogP contribution is 2.30. The largest absolute Gasteiger partial charge is 0.483 e. The van der Waals surface area contributed by atoms with E-state index in [0.29, 0.717) is 22.4 Å². The molecule has 208 valence electrons. The smallest absolute Gasteiger partial charge is 0.343 e. The molecule has 0 heterocycles. The molecule has 0 saturated carbocycles. The fraction of sp³-hybridized carbons (Fsp3) is 0.0667. The van der Waals surface area contributed by atoms with Gasteiger partial charge in [-0.3, -0.25) is 4.79 Å². The molecular weight excluding hydrogens is 724 g/mol. The van der Waals surface area contributed by atoms with Crippen LogP contribution in [0.5, 0.6) is 17.2 Å². The van der Waals surface area contributed by atoms with E-state index in [9.17, 15) is 14.4 Å². The second kappa shape index (κ2) is 14.2. The Labute approximate surface area is 261 Å². The molecule has 0 aliphatic carbocycles. The maximum absolute atomic E-state index is 12.8. The van der Waals surface area contributed by atoms with Crippen LogP contribution in [-0.4, -0.2) is 30.7 Å². The fourth-order valence-electron chi connectivity index (χ4n) is 3.34. The van der Waals surface area contributed by atoms with E-state index in [1.807, 2.05) is 19.1 Å². The molecule has 4 rings (SSSR count). The molecule has 41 heavy (non-hydrogen) atoms. The van der Waals surface area contributed by atoms with Gasteiger partial charge in [0.25, 0.3) is 5.91 Å². The maximum Gasteiger partial charge on any atom is 0.343 e. The van der Waals surface area contributed by atoms with Gasteiger partial charge in [0.15, 0.2) is 18.1 Å². The van der Waals surface area contributed by atoms with Gasteiger partial charge in [0.1, 0.15) is 5.75 Å². The summed E-state index contributed by atoms with van der Waals surface area (Å²) in [5.41, 5.74) is 4.51. The lowest BCUT2D eigenvalue weighted by Crippen LogP contribution is -2.24. The Morgan fingerprint density at radius 1 is 0.732 bits per heavy atom. The lowest BCUT2D eigenvalue weighted by Gasteiger charge is -2.12. The van der Waals surface area contributed by atoms with Crippen LogP contribution in [-0.2, 0) is 4.79 Å². The number of rotatable bonds is 9. The standard InChI is InChI=1S/C30H21Br3N2O6/c1-18-2-12-25(24(33)14-18)39-17-28(36)35-34-16-19-3-13-26(40-29(37)20-4-8-22(31)9-5-20)27(15-19)41-30(38)21-6-10-23(32)11-7-21/h2-16H,17H2,1H3,(H,35,36). The van der Waals surface area contributed by atoms with Crippen molar-refractivity contribution in [2.75, 3.05) is 6.61 Å². The Morgan fingerprint density at radius 3 is 1.88 bits per heavy atom. The van der Waals surface area contributed by atoms with Gasteiger partial charge in [-0.1, -0.05) is 37.9 Å². The number of halogens is 3. The SMILES string of the molecule is Cc1ccc(OCC(=O)NN=Cc2ccc(OC(=O)c3ccc(Br)cc3)c(OC(=O)c3ccc(Br)cc3)c2)c(Br)c1. The molecule has 0 aromatic heterocycles. The molecule has 1 N–H and O–H groups in total. The lowest BCUT2D eigenvalue weighted by molar-refractivity contribution is -0.123. The van der Waals surface area contributed by atoms with Crippen molar-refractivity contribution in [1.29, 1.82) is 0 Å². The van der Waals surface area contributed by atoms with Crippen molar-refractivity contribution in [3.8, 4) is 17.2 Å². The molecule has 4 aromatic rings. The molecule has 0 unspecified atom stereocenters. The summed E-state index contributed by atoms with van der Waals surface area (Å²) >= 11 is 10.1. The van der Waals surface area contributed by atoms with Crippen LogP contribution in [0.15, 0.2) is 103 Å². The molecule has 8 nitrogen and oxygen atoms in total. The average molecular weight is 745 g/mol. The first-order chi connectivity index (χ1) is 19.7. The van der Waals surface area contributed by atoms with Crippen LogP contribution in [0.25, 0.3) is 0 Å². The second-order valence-electron chi connectivity index (χ2n) is 8.51. The lowest BCUT2D eigenvalue weighted by atomic mass is 10.2. The van der Waals surface area contributed by atoms with Crippen LogP contribution in [0.4, 0.5) is 0 Å². The van der Waals surface area contributed by atoms with Gasteiger partial charge in [-0.15, -0.1) is 0 Å². The van der Waals surface area contributed by atoms with Gasteiger partial charge in [0.2, 0.25) is 0 Å². The molecule has 11 heteroatoms. The topological polar surface area (TPSA) is 103 Å². The van der Waals surface area contributed by atoms with Gasteiger partial charge in [-0.05, 0) is 113 Å². The monoisotopic (exact) mass is 742 g/mol. The molecule has 4 aromatic carbocycles. The Bertz CT molecular complexity index is 1610. The minimum atomic E-state index is -0.653. The van der Waals surface area contributed by atoms with Gasteiger partial charge in [0.05, 0.1) is 21.8 Å². The van der Waals surface area contributed by atoms with Gasteiger partial charge in [0, 0.05) is 8.95 Å². The third-order valence-corrected chi connectivity index (χ3v) is 7.06. The van der Waals surface area contributed by atoms with Gasteiger partial charge < -0.3 is 14.2 Å². The summed E-state index contributed by atoms with van der Waals surface area (Å²) in [7, 11) is 0. The first-order valence-electron chi connectivity index (χ1n) is 12.0. The van der Waals surface area contributed by atoms with Gasteiger partial charge in [-0.2, -0.15) is 5.10 Å². The number of hydrazone groups is 1. The second-order valence-corrected chi connectivity index (χ2v) is 11.2. The molecule has 0 spiro atoms. The first kappa shape index (κ1) is 30.2. The average Bonchev–Trinajstić information content (AvgIpc) is 2.94. The van der Waals surface area contributed by atoms with E-state index in [4.69, 9.17) is 14.2 Å². The molecule has 0 fully saturated rings. The van der Waals surface area contributed by atoms with E-state index in [0.717, 1.165) is 19.0 Å². The molecular formula is C30H21Br3N2O6. The zero-order chi connectivity index (χ0) is 29.4. The summed E-state index contributed by atoms with van der Waals surface area (Å²) in [6, 6.07) is 23.3. The quantitative estimate of drug-likeness (QED) is 0.0839. The van der Waals surface area contributed by atoms with Crippen LogP contribution < -0.4 is 19.6 Å². The Hall–Kier alpha value is -3.80. The normalized spacial score (nSPS) is 10.7. The zero-order valence-corrected chi connectivity index (χ0v) is 26.2. The number of ether oxygens (including phenoxy) is 3. The van der Waals surface area contributed by atoms with Gasteiger partial charge >= 0.3 is 11.9 Å². The zero-order valence-electron chi connectivity index (χ0n) is 21.4. The summed E-state index contributed by atoms with van der Waals surface area (Å²) in [6.07, 6.45) is 1.36. The first-order valence-corrected chi connectivity index (χ1v) is 14.4. The van der Waals surface area contributed by atoms with E-state index in [1.54, 1.807) is 60.7 Å². The van der Waals surface area contributed by atoms with Crippen LogP contribution in [0, 0.1) is 6.92 Å². The number of benzene rings is 4. The third-order valence-electron chi connectivity index (χ3n) is 5.38. The van der Waals surface area contributed by atoms with E-state index in [1.165, 1.54) is 18.3 Å². The van der Waals surface area contributed by atoms with Crippen LogP contribution in [0.2, 0.25) is 0 Å². The van der Waals surface area contributed by atoms with Crippen molar-refractivity contribution < 1.29 is 28.6 Å². The number of hydrogen-bond acceptors (Lipinski definition) is 7. The summed E-state index contributed by atoms with van der Waals surface area (Å²) in [4.78, 5) is 37.8. The van der Waals surface area contributed by atoms with Crippen molar-refractivity contribution in [1.82, 2.24) is 5.43 Å². The van der Waals surface area contributed by atoms with Crippen LogP contribution in [0.3, 0.4) is 0 Å². The Morgan fingerprint density at radius 2 is 1.29 bits per heavy atom. The number of amides is 1. The highest BCUT2D eigenvalue weighted by Gasteiger charge is 2.17. The fourth-order valence-corrected chi connectivity index (χ4v) is 4.47. The highest BCUT2D eigenvalue weighted by atomic mass is 79.9. The molecule has 0 bridgehead atoms. The molecule has 0 saturated heterocycles. The molecule has 0 aliphatic rings. The van der Waals surface area contributed by atoms with Crippen molar-refractivity contribution in [2.45, 2.75) is 6.92 Å². The number of esters is 2. The Balaban J connectivity index is 1.47. The van der Waals surface area contributed by atoms with Crippen LogP contribution in [0.1, 0.15) is 31.8 Å². The number of carbonyl (C=O) groups excluding carboxylic acids is 3. The van der Waals surface area contributed by atoms with Crippen LogP contribution >= 0.6 is 47.8 Å². The van der Waals surface area contributed by atoms with Gasteiger partial charge in [-0.25, -0.2) is 15.0 Å². The minimum Gasteiger partial charge on any atom is -0.483 e. The summed E-state index contributed by atoms with van der Waals surface area (Å²) in [5.74, 6) is -1.21. The number of aryl methyl sites for hydroxylation is 1. The van der Waals surface area contributed by atoms with E-state index < -0.39 is 17.8 Å². The molecule has 0 radical (unpaired) electrons. The van der Waals surface area contributed by atoms with E-state index in [2.05, 4.69) is 58.3 Å². The van der Waals surface area contributed by atoms with Crippen molar-refractivity contribution >= 4 is 71.9 Å². The summed E-state index contributed by atoms with van der Waals surface area (Å²) in [6.45, 7) is 1.70.